The summed E-state index contributed by atoms with van der Waals surface area (Å²) in [6.07, 6.45) is 0. The van der Waals surface area contributed by atoms with Crippen molar-refractivity contribution in [3.63, 3.8) is 0 Å². The normalized spacial score (nSPS) is 9.67. The molecule has 0 aliphatic heterocycles. The van der Waals surface area contributed by atoms with Gasteiger partial charge in [0, 0.05) is 0 Å². The van der Waals surface area contributed by atoms with E-state index in [0.29, 0.717) is 0 Å². The van der Waals surface area contributed by atoms with E-state index in [2.05, 4.69) is 0 Å². The van der Waals surface area contributed by atoms with Gasteiger partial charge in [0.2, 0.25) is 0 Å². The molecular weight excluding hydrogens is 139 g/mol. The molecule has 33 valence electrons. The fourth-order valence-electron chi connectivity index (χ4n) is 0. The van der Waals surface area contributed by atoms with Gasteiger partial charge in [-0.25, -0.2) is 8.42 Å². The van der Waals surface area contributed by atoms with Gasteiger partial charge in [-0.15, -0.1) is 3.89 Å². The molecule has 0 saturated carbocycles. The van der Waals surface area contributed by atoms with Crippen molar-refractivity contribution >= 4 is 48.2 Å². The summed E-state index contributed by atoms with van der Waals surface area (Å²) in [5, 5.41) is 0. The molecule has 3 nitrogen and oxygen atoms in total. The third-order valence-corrected chi connectivity index (χ3v) is 0. The Labute approximate surface area is 64.6 Å². The van der Waals surface area contributed by atoms with E-state index in [-0.39, 0.29) is 37.7 Å². The molecule has 0 rings (SSSR count). The van der Waals surface area contributed by atoms with E-state index in [4.69, 9.17) is 13.0 Å². The molecule has 0 unspecified atom stereocenters. The van der Waals surface area contributed by atoms with Gasteiger partial charge in [0.25, 0.3) is 10.5 Å². The van der Waals surface area contributed by atoms with Gasteiger partial charge in [-0.2, -0.15) is 0 Å². The quantitative estimate of drug-likeness (QED) is 0.246. The summed E-state index contributed by atoms with van der Waals surface area (Å²) in [5.74, 6) is 0. The topological polar surface area (TPSA) is 57.2 Å². The summed E-state index contributed by atoms with van der Waals surface area (Å²) in [4.78, 5) is 0. The molecule has 0 bridgehead atoms. The third kappa shape index (κ3) is 70.9. The van der Waals surface area contributed by atoms with Gasteiger partial charge < -0.3 is 4.55 Å². The zero-order valence-corrected chi connectivity index (χ0v) is 5.74. The Morgan fingerprint density at radius 2 is 1.50 bits per heavy atom. The average Bonchev–Trinajstić information content (AvgIpc) is 0.722. The van der Waals surface area contributed by atoms with Crippen LogP contribution in [0, 0.1) is 0 Å². The van der Waals surface area contributed by atoms with Gasteiger partial charge in [-0.1, -0.05) is 0 Å². The molecule has 0 aromatic heterocycles. The first-order valence-electron chi connectivity index (χ1n) is 0.654. The smallest absolute Gasteiger partial charge is 0.722 e. The fourth-order valence-corrected chi connectivity index (χ4v) is 0. The van der Waals surface area contributed by atoms with Crippen LogP contribution in [0.4, 0.5) is 3.89 Å². The van der Waals surface area contributed by atoms with Crippen LogP contribution < -0.4 is 0 Å². The predicted molar refractivity (Wildman–Crippen MR) is 16.6 cm³/mol. The molecule has 1 radical (unpaired) electrons. The van der Waals surface area contributed by atoms with E-state index < -0.39 is 10.5 Å². The van der Waals surface area contributed by atoms with Crippen molar-refractivity contribution in [1.82, 2.24) is 0 Å². The predicted octanol–water partition coefficient (Wildman–Crippen LogP) is -0.965. The molecule has 0 spiro atoms. The first-order chi connectivity index (χ1) is 2.00. The van der Waals surface area contributed by atoms with Gasteiger partial charge in [0.15, 0.2) is 0 Å². The molecule has 0 N–H and O–H groups in total. The molecule has 0 amide bonds. The van der Waals surface area contributed by atoms with Crippen molar-refractivity contribution < 1.29 is 16.9 Å². The Morgan fingerprint density at radius 3 is 1.50 bits per heavy atom. The van der Waals surface area contributed by atoms with Crippen LogP contribution in [-0.4, -0.2) is 50.7 Å². The Morgan fingerprint density at radius 1 is 1.50 bits per heavy atom. The zero-order chi connectivity index (χ0) is 4.50. The van der Waals surface area contributed by atoms with Crippen molar-refractivity contribution in [2.24, 2.45) is 0 Å². The first-order valence-corrected chi connectivity index (χ1v) is 1.96. The summed E-state index contributed by atoms with van der Waals surface area (Å²) < 4.78 is 35.3. The minimum atomic E-state index is -5.42. The Bertz CT molecular complexity index is 94.0. The van der Waals surface area contributed by atoms with Gasteiger partial charge >= 0.3 is 37.7 Å². The largest absolute Gasteiger partial charge is 1.00 e. The molecule has 0 saturated heterocycles. The summed E-state index contributed by atoms with van der Waals surface area (Å²) in [6.45, 7) is 0. The Hall–Kier alpha value is 1.10. The van der Waals surface area contributed by atoms with Crippen LogP contribution in [-0.2, 0) is 10.5 Å². The van der Waals surface area contributed by atoms with Crippen LogP contribution >= 0.6 is 0 Å². The maximum absolute atomic E-state index is 10.1. The van der Waals surface area contributed by atoms with E-state index >= 15 is 0 Å². The maximum atomic E-state index is 10.1. The van der Waals surface area contributed by atoms with E-state index in [1.807, 2.05) is 0 Å². The number of rotatable bonds is 0. The molecule has 0 aromatic rings. The summed E-state index contributed by atoms with van der Waals surface area (Å²) in [5.41, 5.74) is 0. The zero-order valence-electron chi connectivity index (χ0n) is 2.72. The van der Waals surface area contributed by atoms with Crippen molar-refractivity contribution in [3.8, 4) is 0 Å². The minimum absolute atomic E-state index is 0. The van der Waals surface area contributed by atoms with Crippen LogP contribution in [0.25, 0.3) is 0 Å². The molecule has 0 heterocycles. The van der Waals surface area contributed by atoms with E-state index in [1.54, 1.807) is 0 Å². The molecule has 0 atom stereocenters. The Kier molecular flexibility index (Phi) is 5.33. The third-order valence-electron chi connectivity index (χ3n) is 0. The monoisotopic (exact) mass is 139 g/mol. The van der Waals surface area contributed by atoms with Crippen molar-refractivity contribution in [1.29, 1.82) is 0 Å². The van der Waals surface area contributed by atoms with E-state index in [9.17, 15) is 3.89 Å². The summed E-state index contributed by atoms with van der Waals surface area (Å²) in [7, 11) is -5.42. The van der Waals surface area contributed by atoms with Crippen LogP contribution in [0.2, 0.25) is 0 Å². The molecule has 6 heteroatoms. The summed E-state index contributed by atoms with van der Waals surface area (Å²) >= 11 is 0. The average molecular weight is 139 g/mol. The van der Waals surface area contributed by atoms with Crippen LogP contribution in [0.5, 0.6) is 0 Å². The van der Waals surface area contributed by atoms with E-state index in [0.717, 1.165) is 0 Å². The molecule has 0 fully saturated rings. The van der Waals surface area contributed by atoms with E-state index in [1.165, 1.54) is 0 Å². The second kappa shape index (κ2) is 3.15. The second-order valence-corrected chi connectivity index (χ2v) is 1.18. The molecular formula is CaFO3S. The molecule has 0 aliphatic carbocycles. The van der Waals surface area contributed by atoms with Crippen LogP contribution in [0.15, 0.2) is 0 Å². The summed E-state index contributed by atoms with van der Waals surface area (Å²) in [6, 6.07) is 0. The van der Waals surface area contributed by atoms with Gasteiger partial charge in [0.1, 0.15) is 0 Å². The van der Waals surface area contributed by atoms with Crippen LogP contribution in [0.1, 0.15) is 0 Å². The van der Waals surface area contributed by atoms with Crippen molar-refractivity contribution in [3.05, 3.63) is 0 Å². The van der Waals surface area contributed by atoms with Crippen molar-refractivity contribution in [2.75, 3.05) is 0 Å². The number of halogens is 1. The van der Waals surface area contributed by atoms with Crippen molar-refractivity contribution in [2.45, 2.75) is 0 Å². The van der Waals surface area contributed by atoms with Gasteiger partial charge in [-0.3, -0.25) is 0 Å². The standard InChI is InChI=1S/Ca.FHO3S/c;1-5(2,3)4/h;(H,2,3,4)/q+1;/p-1. The Balaban J connectivity index is 0. The number of hydrogen-bond acceptors (Lipinski definition) is 3. The minimum Gasteiger partial charge on any atom is -0.722 e. The SMILES string of the molecule is O=S(=O)([O-])F.[Ca+]. The molecule has 0 aromatic carbocycles. The second-order valence-electron chi connectivity index (χ2n) is 0.393. The fraction of sp³-hybridized carbons (Fsp3) is 0. The molecule has 6 heavy (non-hydrogen) atoms. The first kappa shape index (κ1) is 10.2. The number of hydrogen-bond donors (Lipinski definition) is 0. The molecule has 0 aliphatic rings. The van der Waals surface area contributed by atoms with Gasteiger partial charge in [0.05, 0.1) is 0 Å². The maximum Gasteiger partial charge on any atom is 1.00 e. The van der Waals surface area contributed by atoms with Gasteiger partial charge in [-0.05, 0) is 0 Å². The van der Waals surface area contributed by atoms with Crippen LogP contribution in [0.3, 0.4) is 0 Å².